The van der Waals surface area contributed by atoms with E-state index in [2.05, 4.69) is 27.4 Å². The van der Waals surface area contributed by atoms with Gasteiger partial charge >= 0.3 is 0 Å². The zero-order chi connectivity index (χ0) is 19.0. The van der Waals surface area contributed by atoms with Gasteiger partial charge in [0, 0.05) is 7.05 Å². The Hall–Kier alpha value is -3.07. The molecular formula is C18H19FN6O2. The molecule has 0 bridgehead atoms. The van der Waals surface area contributed by atoms with Crippen molar-refractivity contribution < 1.29 is 13.7 Å². The molecule has 3 heterocycles. The van der Waals surface area contributed by atoms with Crippen LogP contribution in [0, 0.1) is 5.82 Å². The van der Waals surface area contributed by atoms with Gasteiger partial charge in [0.15, 0.2) is 0 Å². The van der Waals surface area contributed by atoms with Gasteiger partial charge in [-0.05, 0) is 31.2 Å². The van der Waals surface area contributed by atoms with Crippen molar-refractivity contribution in [3.8, 4) is 17.2 Å². The Balaban J connectivity index is 1.74. The van der Waals surface area contributed by atoms with Gasteiger partial charge in [-0.1, -0.05) is 12.1 Å². The van der Waals surface area contributed by atoms with Crippen molar-refractivity contribution in [2.75, 3.05) is 13.6 Å². The van der Waals surface area contributed by atoms with Crippen molar-refractivity contribution in [2.24, 2.45) is 0 Å². The Bertz CT molecular complexity index is 996. The second-order valence-corrected chi connectivity index (χ2v) is 6.42. The molecule has 0 saturated carbocycles. The van der Waals surface area contributed by atoms with Gasteiger partial charge < -0.3 is 14.7 Å². The Morgan fingerprint density at radius 3 is 3.04 bits per heavy atom. The maximum atomic E-state index is 13.7. The Morgan fingerprint density at radius 1 is 1.37 bits per heavy atom. The molecule has 1 N–H and O–H groups in total. The lowest BCUT2D eigenvalue weighted by molar-refractivity contribution is 0.0787. The monoisotopic (exact) mass is 370 g/mol. The average molecular weight is 370 g/mol. The molecule has 1 aliphatic heterocycles. The Labute approximate surface area is 155 Å². The fraction of sp³-hybridized carbons (Fsp3) is 0.333. The summed E-state index contributed by atoms with van der Waals surface area (Å²) >= 11 is 0. The molecule has 1 aromatic carbocycles. The number of benzene rings is 1. The van der Waals surface area contributed by atoms with Crippen molar-refractivity contribution in [3.05, 3.63) is 47.5 Å². The van der Waals surface area contributed by atoms with Crippen molar-refractivity contribution >= 4 is 5.91 Å². The van der Waals surface area contributed by atoms with E-state index in [-0.39, 0.29) is 11.5 Å². The van der Waals surface area contributed by atoms with Gasteiger partial charge in [0.2, 0.25) is 11.7 Å². The fourth-order valence-corrected chi connectivity index (χ4v) is 3.11. The minimum atomic E-state index is -0.457. The van der Waals surface area contributed by atoms with Crippen LogP contribution in [-0.2, 0) is 13.1 Å². The van der Waals surface area contributed by atoms with Crippen LogP contribution in [0.15, 0.2) is 29.0 Å². The molecule has 0 unspecified atom stereocenters. The molecule has 0 atom stereocenters. The summed E-state index contributed by atoms with van der Waals surface area (Å²) in [4.78, 5) is 23.0. The van der Waals surface area contributed by atoms with E-state index in [4.69, 9.17) is 4.52 Å². The number of halogens is 1. The average Bonchev–Trinajstić information content (AvgIpc) is 3.26. The van der Waals surface area contributed by atoms with Crippen LogP contribution in [-0.4, -0.2) is 44.1 Å². The first kappa shape index (κ1) is 17.3. The van der Waals surface area contributed by atoms with Crippen LogP contribution in [0.5, 0.6) is 0 Å². The number of hydrogen-bond donors (Lipinski definition) is 1. The summed E-state index contributed by atoms with van der Waals surface area (Å²) < 4.78 is 20.7. The number of amides is 1. The van der Waals surface area contributed by atoms with Crippen LogP contribution in [0.3, 0.4) is 0 Å². The van der Waals surface area contributed by atoms with E-state index < -0.39 is 5.82 Å². The lowest BCUT2D eigenvalue weighted by Gasteiger charge is -2.14. The predicted molar refractivity (Wildman–Crippen MR) is 94.6 cm³/mol. The maximum Gasteiger partial charge on any atom is 0.256 e. The molecule has 8 nitrogen and oxygen atoms in total. The number of nitrogens with one attached hydrogen (secondary N) is 1. The topological polar surface area (TPSA) is 89.1 Å². The highest BCUT2D eigenvalue weighted by atomic mass is 19.1. The minimum absolute atomic E-state index is 0.253. The molecule has 0 fully saturated rings. The first-order valence-electron chi connectivity index (χ1n) is 8.73. The van der Waals surface area contributed by atoms with Gasteiger partial charge in [0.05, 0.1) is 30.0 Å². The molecular weight excluding hydrogens is 351 g/mol. The highest BCUT2D eigenvalue weighted by molar-refractivity contribution is 5.98. The number of carbonyl (C=O) groups excluding carboxylic acids is 1. The highest BCUT2D eigenvalue weighted by Gasteiger charge is 2.28. The van der Waals surface area contributed by atoms with E-state index in [1.54, 1.807) is 24.0 Å². The van der Waals surface area contributed by atoms with Crippen LogP contribution < -0.4 is 5.32 Å². The summed E-state index contributed by atoms with van der Waals surface area (Å²) in [6.07, 6.45) is 2.61. The maximum absolute atomic E-state index is 13.7. The Kier molecular flexibility index (Phi) is 4.44. The molecule has 9 heteroatoms. The quantitative estimate of drug-likeness (QED) is 0.692. The van der Waals surface area contributed by atoms with Crippen LogP contribution in [0.2, 0.25) is 0 Å². The number of hydrogen-bond acceptors (Lipinski definition) is 6. The third kappa shape index (κ3) is 3.10. The van der Waals surface area contributed by atoms with Crippen LogP contribution >= 0.6 is 0 Å². The number of carbonyl (C=O) groups is 1. The van der Waals surface area contributed by atoms with Crippen LogP contribution in [0.4, 0.5) is 4.39 Å². The first-order chi connectivity index (χ1) is 13.1. The fourth-order valence-electron chi connectivity index (χ4n) is 3.11. The van der Waals surface area contributed by atoms with E-state index in [9.17, 15) is 9.18 Å². The normalized spacial score (nSPS) is 13.4. The van der Waals surface area contributed by atoms with Crippen molar-refractivity contribution in [3.63, 3.8) is 0 Å². The Morgan fingerprint density at radius 2 is 2.22 bits per heavy atom. The number of fused-ring (bicyclic) bond motifs is 3. The van der Waals surface area contributed by atoms with E-state index in [1.165, 1.54) is 17.0 Å². The number of imidazole rings is 1. The molecule has 0 radical (unpaired) electrons. The van der Waals surface area contributed by atoms with E-state index in [0.29, 0.717) is 36.2 Å². The molecule has 0 spiro atoms. The summed E-state index contributed by atoms with van der Waals surface area (Å²) in [6, 6.07) is 4.15. The molecule has 140 valence electrons. The molecule has 3 aromatic rings. The zero-order valence-electron chi connectivity index (χ0n) is 15.1. The predicted octanol–water partition coefficient (Wildman–Crippen LogP) is 2.15. The SMILES string of the molecule is CCCNCc1nc(-c2ncn3c2CN(C)C(=O)c2cc(F)ccc2-3)no1. The van der Waals surface area contributed by atoms with Crippen molar-refractivity contribution in [1.82, 2.24) is 29.9 Å². The summed E-state index contributed by atoms with van der Waals surface area (Å²) in [7, 11) is 1.67. The van der Waals surface area contributed by atoms with E-state index >= 15 is 0 Å². The first-order valence-corrected chi connectivity index (χ1v) is 8.73. The van der Waals surface area contributed by atoms with Gasteiger partial charge in [0.1, 0.15) is 17.8 Å². The van der Waals surface area contributed by atoms with E-state index in [1.807, 2.05) is 0 Å². The summed E-state index contributed by atoms with van der Waals surface area (Å²) in [5.74, 6) is 0.127. The highest BCUT2D eigenvalue weighted by Crippen LogP contribution is 2.29. The van der Waals surface area contributed by atoms with Gasteiger partial charge in [-0.25, -0.2) is 9.37 Å². The molecule has 1 amide bonds. The lowest BCUT2D eigenvalue weighted by Crippen LogP contribution is -2.25. The standard InChI is InChI=1S/C18H19FN6O2/c1-3-6-20-8-15-22-17(23-27-15)16-14-9-24(2)18(26)12-7-11(19)4-5-13(12)25(14)10-21-16/h4-5,7,10,20H,3,6,8-9H2,1-2H3. The molecule has 4 rings (SSSR count). The third-order valence-electron chi connectivity index (χ3n) is 4.43. The number of aromatic nitrogens is 4. The summed E-state index contributed by atoms with van der Waals surface area (Å²) in [6.45, 7) is 3.71. The summed E-state index contributed by atoms with van der Waals surface area (Å²) in [5.41, 5.74) is 2.15. The smallest absolute Gasteiger partial charge is 0.256 e. The second-order valence-electron chi connectivity index (χ2n) is 6.42. The van der Waals surface area contributed by atoms with Crippen molar-refractivity contribution in [1.29, 1.82) is 0 Å². The lowest BCUT2D eigenvalue weighted by atomic mass is 10.1. The third-order valence-corrected chi connectivity index (χ3v) is 4.43. The minimum Gasteiger partial charge on any atom is -0.337 e. The second kappa shape index (κ2) is 6.92. The molecule has 0 aliphatic carbocycles. The van der Waals surface area contributed by atoms with Gasteiger partial charge in [-0.15, -0.1) is 0 Å². The van der Waals surface area contributed by atoms with Gasteiger partial charge in [-0.3, -0.25) is 9.36 Å². The molecule has 1 aliphatic rings. The van der Waals surface area contributed by atoms with E-state index in [0.717, 1.165) is 18.7 Å². The summed E-state index contributed by atoms with van der Waals surface area (Å²) in [5, 5.41) is 7.23. The molecule has 2 aromatic heterocycles. The zero-order valence-corrected chi connectivity index (χ0v) is 15.1. The van der Waals surface area contributed by atoms with Gasteiger partial charge in [0.25, 0.3) is 5.91 Å². The largest absolute Gasteiger partial charge is 0.337 e. The number of nitrogens with zero attached hydrogens (tertiary/aromatic N) is 5. The molecule has 27 heavy (non-hydrogen) atoms. The number of rotatable bonds is 5. The van der Waals surface area contributed by atoms with Crippen molar-refractivity contribution in [2.45, 2.75) is 26.4 Å². The van der Waals surface area contributed by atoms with Crippen LogP contribution in [0.1, 0.15) is 35.3 Å². The molecule has 0 saturated heterocycles. The van der Waals surface area contributed by atoms with Crippen LogP contribution in [0.25, 0.3) is 17.2 Å². The van der Waals surface area contributed by atoms with Gasteiger partial charge in [-0.2, -0.15) is 4.98 Å².